The molecule has 0 radical (unpaired) electrons. The van der Waals surface area contributed by atoms with E-state index in [9.17, 15) is 13.2 Å². The Balaban J connectivity index is 1.69. The van der Waals surface area contributed by atoms with Crippen molar-refractivity contribution in [1.29, 1.82) is 0 Å². The van der Waals surface area contributed by atoms with Gasteiger partial charge in [-0.15, -0.1) is 0 Å². The molecule has 0 aromatic heterocycles. The van der Waals surface area contributed by atoms with Crippen molar-refractivity contribution >= 4 is 27.3 Å². The van der Waals surface area contributed by atoms with Crippen molar-refractivity contribution < 1.29 is 13.2 Å². The van der Waals surface area contributed by atoms with Gasteiger partial charge in [-0.2, -0.15) is 0 Å². The molecule has 0 fully saturated rings. The van der Waals surface area contributed by atoms with E-state index >= 15 is 0 Å². The van der Waals surface area contributed by atoms with Crippen molar-refractivity contribution in [3.63, 3.8) is 0 Å². The van der Waals surface area contributed by atoms with Gasteiger partial charge in [-0.1, -0.05) is 42.0 Å². The molecule has 0 heterocycles. The number of hydrogen-bond acceptors (Lipinski definition) is 3. The number of hydrogen-bond donors (Lipinski definition) is 1. The van der Waals surface area contributed by atoms with E-state index in [4.69, 9.17) is 0 Å². The van der Waals surface area contributed by atoms with Gasteiger partial charge < -0.3 is 5.32 Å². The van der Waals surface area contributed by atoms with Crippen LogP contribution in [-0.4, -0.2) is 21.4 Å². The molecule has 29 heavy (non-hydrogen) atoms. The van der Waals surface area contributed by atoms with Gasteiger partial charge in [0.2, 0.25) is 5.91 Å². The Morgan fingerprint density at radius 1 is 0.897 bits per heavy atom. The van der Waals surface area contributed by atoms with Gasteiger partial charge in [0.15, 0.2) is 0 Å². The lowest BCUT2D eigenvalue weighted by Crippen LogP contribution is -2.26. The minimum Gasteiger partial charge on any atom is -0.326 e. The topological polar surface area (TPSA) is 66.5 Å². The molecule has 150 valence electrons. The fourth-order valence-corrected chi connectivity index (χ4v) is 4.14. The molecular formula is C23H24N2O3S. The maximum atomic E-state index is 12.8. The van der Waals surface area contributed by atoms with Crippen LogP contribution in [0.2, 0.25) is 0 Å². The number of sulfonamides is 1. The zero-order chi connectivity index (χ0) is 21.0. The van der Waals surface area contributed by atoms with Gasteiger partial charge in [0.25, 0.3) is 10.0 Å². The molecule has 0 aliphatic rings. The zero-order valence-electron chi connectivity index (χ0n) is 16.7. The van der Waals surface area contributed by atoms with Crippen LogP contribution in [0.5, 0.6) is 0 Å². The maximum Gasteiger partial charge on any atom is 0.264 e. The van der Waals surface area contributed by atoms with Crippen LogP contribution < -0.4 is 9.62 Å². The smallest absolute Gasteiger partial charge is 0.264 e. The number of benzene rings is 3. The summed E-state index contributed by atoms with van der Waals surface area (Å²) >= 11 is 0. The van der Waals surface area contributed by atoms with E-state index in [1.807, 2.05) is 38.1 Å². The van der Waals surface area contributed by atoms with E-state index in [0.717, 1.165) is 22.4 Å². The Morgan fingerprint density at radius 2 is 1.55 bits per heavy atom. The van der Waals surface area contributed by atoms with Gasteiger partial charge in [-0.05, 0) is 61.4 Å². The molecule has 0 spiro atoms. The molecule has 6 heteroatoms. The normalized spacial score (nSPS) is 11.1. The minimum absolute atomic E-state index is 0.121. The summed E-state index contributed by atoms with van der Waals surface area (Å²) in [4.78, 5) is 12.5. The van der Waals surface area contributed by atoms with Crippen LogP contribution in [0.3, 0.4) is 0 Å². The maximum absolute atomic E-state index is 12.8. The van der Waals surface area contributed by atoms with Gasteiger partial charge in [-0.3, -0.25) is 9.10 Å². The summed E-state index contributed by atoms with van der Waals surface area (Å²) in [5.74, 6) is -0.121. The van der Waals surface area contributed by atoms with Crippen molar-refractivity contribution in [2.24, 2.45) is 0 Å². The third kappa shape index (κ3) is 5.03. The van der Waals surface area contributed by atoms with Crippen molar-refractivity contribution in [3.8, 4) is 0 Å². The van der Waals surface area contributed by atoms with E-state index in [1.54, 1.807) is 48.5 Å². The summed E-state index contributed by atoms with van der Waals surface area (Å²) in [5.41, 5.74) is 4.17. The number of aryl methyl sites for hydroxylation is 2. The third-order valence-electron chi connectivity index (χ3n) is 4.65. The van der Waals surface area contributed by atoms with Gasteiger partial charge in [0.1, 0.15) is 0 Å². The van der Waals surface area contributed by atoms with Crippen LogP contribution in [-0.2, 0) is 21.2 Å². The lowest BCUT2D eigenvalue weighted by atomic mass is 10.1. The Hall–Kier alpha value is -3.12. The molecule has 0 atom stereocenters. The first-order valence-electron chi connectivity index (χ1n) is 9.27. The molecular weight excluding hydrogens is 384 g/mol. The fraction of sp³-hybridized carbons (Fsp3) is 0.174. The van der Waals surface area contributed by atoms with E-state index < -0.39 is 10.0 Å². The average Bonchev–Trinajstić information content (AvgIpc) is 2.68. The molecule has 1 amide bonds. The lowest BCUT2D eigenvalue weighted by Gasteiger charge is -2.20. The number of anilines is 2. The highest BCUT2D eigenvalue weighted by Gasteiger charge is 2.21. The predicted molar refractivity (Wildman–Crippen MR) is 117 cm³/mol. The number of rotatable bonds is 6. The van der Waals surface area contributed by atoms with Crippen LogP contribution in [0.1, 0.15) is 16.7 Å². The van der Waals surface area contributed by atoms with Crippen LogP contribution >= 0.6 is 0 Å². The van der Waals surface area contributed by atoms with Crippen LogP contribution in [0, 0.1) is 13.8 Å². The summed E-state index contributed by atoms with van der Waals surface area (Å²) in [6.07, 6.45) is 0.211. The Kier molecular flexibility index (Phi) is 6.03. The van der Waals surface area contributed by atoms with Gasteiger partial charge in [0, 0.05) is 12.7 Å². The number of carbonyl (C=O) groups excluding carboxylic acids is 1. The average molecular weight is 409 g/mol. The van der Waals surface area contributed by atoms with Gasteiger partial charge in [-0.25, -0.2) is 8.42 Å². The third-order valence-corrected chi connectivity index (χ3v) is 6.45. The first-order valence-corrected chi connectivity index (χ1v) is 10.7. The van der Waals surface area contributed by atoms with Gasteiger partial charge >= 0.3 is 0 Å². The highest BCUT2D eigenvalue weighted by atomic mass is 32.2. The summed E-state index contributed by atoms with van der Waals surface area (Å²) in [5, 5.41) is 2.87. The summed E-state index contributed by atoms with van der Waals surface area (Å²) in [6, 6.07) is 21.3. The summed E-state index contributed by atoms with van der Waals surface area (Å²) in [7, 11) is -2.11. The highest BCUT2D eigenvalue weighted by Crippen LogP contribution is 2.23. The second kappa shape index (κ2) is 8.49. The van der Waals surface area contributed by atoms with Crippen molar-refractivity contribution in [2.45, 2.75) is 25.2 Å². The van der Waals surface area contributed by atoms with Crippen LogP contribution in [0.25, 0.3) is 0 Å². The molecule has 0 aliphatic carbocycles. The van der Waals surface area contributed by atoms with Crippen LogP contribution in [0.15, 0.2) is 77.7 Å². The number of amides is 1. The molecule has 1 N–H and O–H groups in total. The first kappa shape index (κ1) is 20.6. The van der Waals surface area contributed by atoms with Crippen molar-refractivity contribution in [2.75, 3.05) is 16.7 Å². The molecule has 3 aromatic rings. The zero-order valence-corrected chi connectivity index (χ0v) is 17.5. The van der Waals surface area contributed by atoms with E-state index in [0.29, 0.717) is 5.69 Å². The standard InChI is InChI=1S/C23H24N2O3S/c1-17-7-13-22(14-8-17)29(27,28)25(3)21-11-9-19(10-12-21)16-23(26)24-20-6-4-5-18(2)15-20/h4-15H,16H2,1-3H3,(H,24,26). The SMILES string of the molecule is Cc1ccc(S(=O)(=O)N(C)c2ccc(CC(=O)Nc3cccc(C)c3)cc2)cc1. The second-order valence-electron chi connectivity index (χ2n) is 7.05. The molecule has 0 saturated heterocycles. The molecule has 0 saturated carbocycles. The minimum atomic E-state index is -3.64. The highest BCUT2D eigenvalue weighted by molar-refractivity contribution is 7.92. The summed E-state index contributed by atoms with van der Waals surface area (Å²) in [6.45, 7) is 3.88. The molecule has 0 unspecified atom stereocenters. The number of nitrogens with one attached hydrogen (secondary N) is 1. The quantitative estimate of drug-likeness (QED) is 0.661. The van der Waals surface area contributed by atoms with Crippen LogP contribution in [0.4, 0.5) is 11.4 Å². The Bertz CT molecular complexity index is 1110. The van der Waals surface area contributed by atoms with E-state index in [2.05, 4.69) is 5.32 Å². The monoisotopic (exact) mass is 408 g/mol. The first-order chi connectivity index (χ1) is 13.8. The number of nitrogens with zero attached hydrogens (tertiary/aromatic N) is 1. The number of carbonyl (C=O) groups is 1. The molecule has 0 bridgehead atoms. The Morgan fingerprint density at radius 3 is 2.17 bits per heavy atom. The largest absolute Gasteiger partial charge is 0.326 e. The second-order valence-corrected chi connectivity index (χ2v) is 9.02. The fourth-order valence-electron chi connectivity index (χ4n) is 2.94. The predicted octanol–water partition coefficient (Wildman–Crippen LogP) is 4.31. The summed E-state index contributed by atoms with van der Waals surface area (Å²) < 4.78 is 26.8. The van der Waals surface area contributed by atoms with Gasteiger partial charge in [0.05, 0.1) is 17.0 Å². The molecule has 5 nitrogen and oxygen atoms in total. The molecule has 3 rings (SSSR count). The molecule has 0 aliphatic heterocycles. The Labute approximate surface area is 172 Å². The van der Waals surface area contributed by atoms with Crippen molar-refractivity contribution in [1.82, 2.24) is 0 Å². The van der Waals surface area contributed by atoms with E-state index in [-0.39, 0.29) is 17.2 Å². The molecule has 3 aromatic carbocycles. The van der Waals surface area contributed by atoms with E-state index in [1.165, 1.54) is 11.4 Å². The van der Waals surface area contributed by atoms with Crippen molar-refractivity contribution in [3.05, 3.63) is 89.5 Å². The lowest BCUT2D eigenvalue weighted by molar-refractivity contribution is -0.115.